The quantitative estimate of drug-likeness (QED) is 0.792. The molecule has 19 heavy (non-hydrogen) atoms. The molecule has 0 atom stereocenters. The van der Waals surface area contributed by atoms with Crippen molar-refractivity contribution in [3.05, 3.63) is 78.1 Å². The number of rotatable bonds is 4. The standard InChI is InChI=1S/C16H13NO.ClH/c18-16(11-9-14-6-2-1-3-7-14)12-10-15-8-4-5-13-17-15;/h1-13H;1H. The first kappa shape index (κ1) is 14.9. The molecule has 0 amide bonds. The lowest BCUT2D eigenvalue weighted by molar-refractivity contribution is -0.110. The van der Waals surface area contributed by atoms with Gasteiger partial charge in [0.2, 0.25) is 0 Å². The van der Waals surface area contributed by atoms with Crippen molar-refractivity contribution < 1.29 is 4.79 Å². The maximum Gasteiger partial charge on any atom is 0.178 e. The molecule has 1 aromatic heterocycles. The summed E-state index contributed by atoms with van der Waals surface area (Å²) in [7, 11) is 0. The normalized spacial score (nSPS) is 10.5. The second-order valence-corrected chi connectivity index (χ2v) is 3.73. The van der Waals surface area contributed by atoms with Crippen molar-refractivity contribution in [2.45, 2.75) is 0 Å². The van der Waals surface area contributed by atoms with Gasteiger partial charge < -0.3 is 0 Å². The van der Waals surface area contributed by atoms with E-state index in [2.05, 4.69) is 4.98 Å². The van der Waals surface area contributed by atoms with Gasteiger partial charge in [-0.3, -0.25) is 9.78 Å². The van der Waals surface area contributed by atoms with Gasteiger partial charge in [0, 0.05) is 6.20 Å². The summed E-state index contributed by atoms with van der Waals surface area (Å²) in [4.78, 5) is 15.7. The highest BCUT2D eigenvalue weighted by atomic mass is 35.5. The van der Waals surface area contributed by atoms with E-state index in [0.29, 0.717) is 0 Å². The zero-order valence-corrected chi connectivity index (χ0v) is 11.1. The van der Waals surface area contributed by atoms with Crippen LogP contribution < -0.4 is 0 Å². The minimum Gasteiger partial charge on any atom is -0.290 e. The molecule has 0 unspecified atom stereocenters. The molecule has 0 N–H and O–H groups in total. The van der Waals surface area contributed by atoms with E-state index in [1.165, 1.54) is 6.08 Å². The first-order valence-corrected chi connectivity index (χ1v) is 5.71. The summed E-state index contributed by atoms with van der Waals surface area (Å²) in [5.41, 5.74) is 1.79. The Morgan fingerprint density at radius 1 is 0.895 bits per heavy atom. The van der Waals surface area contributed by atoms with E-state index in [0.717, 1.165) is 11.3 Å². The number of hydrogen-bond donors (Lipinski definition) is 0. The van der Waals surface area contributed by atoms with E-state index in [-0.39, 0.29) is 18.2 Å². The molecular formula is C16H14ClNO. The molecule has 1 aromatic carbocycles. The lowest BCUT2D eigenvalue weighted by atomic mass is 10.2. The van der Waals surface area contributed by atoms with Crippen LogP contribution in [0.2, 0.25) is 0 Å². The van der Waals surface area contributed by atoms with Crippen LogP contribution in [-0.2, 0) is 4.79 Å². The Labute approximate surface area is 118 Å². The molecule has 2 aromatic rings. The Morgan fingerprint density at radius 2 is 1.58 bits per heavy atom. The highest BCUT2D eigenvalue weighted by Crippen LogP contribution is 2.02. The molecule has 0 radical (unpaired) electrons. The van der Waals surface area contributed by atoms with Gasteiger partial charge in [-0.05, 0) is 35.9 Å². The maximum absolute atomic E-state index is 11.6. The summed E-state index contributed by atoms with van der Waals surface area (Å²) in [5, 5.41) is 0. The van der Waals surface area contributed by atoms with E-state index in [4.69, 9.17) is 0 Å². The van der Waals surface area contributed by atoms with Crippen molar-refractivity contribution in [3.8, 4) is 0 Å². The number of carbonyl (C=O) groups is 1. The number of nitrogens with zero attached hydrogens (tertiary/aromatic N) is 1. The molecule has 0 aliphatic heterocycles. The van der Waals surface area contributed by atoms with Crippen LogP contribution in [0.3, 0.4) is 0 Å². The summed E-state index contributed by atoms with van der Waals surface area (Å²) in [6, 6.07) is 15.3. The molecule has 2 rings (SSSR count). The summed E-state index contributed by atoms with van der Waals surface area (Å²) in [6.45, 7) is 0. The molecule has 0 spiro atoms. The third-order valence-electron chi connectivity index (χ3n) is 2.35. The zero-order valence-electron chi connectivity index (χ0n) is 10.3. The fourth-order valence-electron chi connectivity index (χ4n) is 1.44. The van der Waals surface area contributed by atoms with Gasteiger partial charge in [0.25, 0.3) is 0 Å². The molecule has 0 saturated heterocycles. The van der Waals surface area contributed by atoms with Crippen molar-refractivity contribution in [2.24, 2.45) is 0 Å². The first-order chi connectivity index (χ1) is 8.84. The molecule has 0 bridgehead atoms. The van der Waals surface area contributed by atoms with Gasteiger partial charge in [-0.25, -0.2) is 0 Å². The lowest BCUT2D eigenvalue weighted by Crippen LogP contribution is -1.85. The van der Waals surface area contributed by atoms with Crippen LogP contribution in [-0.4, -0.2) is 10.8 Å². The topological polar surface area (TPSA) is 30.0 Å². The molecular weight excluding hydrogens is 258 g/mol. The highest BCUT2D eigenvalue weighted by molar-refractivity contribution is 6.04. The Kier molecular flexibility index (Phi) is 6.27. The molecule has 0 saturated carbocycles. The molecule has 0 aliphatic rings. The monoisotopic (exact) mass is 271 g/mol. The van der Waals surface area contributed by atoms with E-state index in [9.17, 15) is 4.79 Å². The maximum atomic E-state index is 11.6. The molecule has 0 fully saturated rings. The average molecular weight is 272 g/mol. The number of carbonyl (C=O) groups excluding carboxylic acids is 1. The van der Waals surface area contributed by atoms with E-state index >= 15 is 0 Å². The number of pyridine rings is 1. The van der Waals surface area contributed by atoms with Crippen LogP contribution >= 0.6 is 12.4 Å². The number of aromatic nitrogens is 1. The minimum absolute atomic E-state index is 0. The van der Waals surface area contributed by atoms with Gasteiger partial charge in [0.05, 0.1) is 5.69 Å². The molecule has 96 valence electrons. The molecule has 3 heteroatoms. The van der Waals surface area contributed by atoms with Crippen LogP contribution in [0.1, 0.15) is 11.3 Å². The van der Waals surface area contributed by atoms with E-state index in [1.54, 1.807) is 24.4 Å². The van der Waals surface area contributed by atoms with Crippen molar-refractivity contribution in [1.29, 1.82) is 0 Å². The number of ketones is 1. The second kappa shape index (κ2) is 8.01. The van der Waals surface area contributed by atoms with Gasteiger partial charge in [0.15, 0.2) is 5.78 Å². The van der Waals surface area contributed by atoms with Crippen LogP contribution in [0.4, 0.5) is 0 Å². The number of halogens is 1. The Morgan fingerprint density at radius 3 is 2.26 bits per heavy atom. The van der Waals surface area contributed by atoms with Crippen molar-refractivity contribution in [1.82, 2.24) is 4.98 Å². The number of benzene rings is 1. The van der Waals surface area contributed by atoms with Crippen molar-refractivity contribution in [2.75, 3.05) is 0 Å². The predicted octanol–water partition coefficient (Wildman–Crippen LogP) is 3.80. The van der Waals surface area contributed by atoms with Gasteiger partial charge in [0.1, 0.15) is 0 Å². The largest absolute Gasteiger partial charge is 0.290 e. The van der Waals surface area contributed by atoms with Crippen LogP contribution in [0, 0.1) is 0 Å². The van der Waals surface area contributed by atoms with Gasteiger partial charge >= 0.3 is 0 Å². The van der Waals surface area contributed by atoms with Crippen molar-refractivity contribution in [3.63, 3.8) is 0 Å². The fraction of sp³-hybridized carbons (Fsp3) is 0. The van der Waals surface area contributed by atoms with Gasteiger partial charge in [-0.2, -0.15) is 0 Å². The summed E-state index contributed by atoms with van der Waals surface area (Å²) >= 11 is 0. The molecule has 2 nitrogen and oxygen atoms in total. The fourth-order valence-corrected chi connectivity index (χ4v) is 1.44. The second-order valence-electron chi connectivity index (χ2n) is 3.73. The predicted molar refractivity (Wildman–Crippen MR) is 81.0 cm³/mol. The summed E-state index contributed by atoms with van der Waals surface area (Å²) in [6.07, 6.45) is 8.27. The van der Waals surface area contributed by atoms with E-state index in [1.807, 2.05) is 48.5 Å². The Hall–Kier alpha value is -2.19. The smallest absolute Gasteiger partial charge is 0.178 e. The van der Waals surface area contributed by atoms with Crippen molar-refractivity contribution >= 4 is 30.3 Å². The zero-order chi connectivity index (χ0) is 12.6. The SMILES string of the molecule is Cl.O=C(C=Cc1ccccc1)C=Cc1ccccn1. The van der Waals surface area contributed by atoms with Crippen LogP contribution in [0.5, 0.6) is 0 Å². The van der Waals surface area contributed by atoms with Crippen LogP contribution in [0.15, 0.2) is 66.9 Å². The third-order valence-corrected chi connectivity index (χ3v) is 2.35. The average Bonchev–Trinajstić information content (AvgIpc) is 2.45. The van der Waals surface area contributed by atoms with Crippen LogP contribution in [0.25, 0.3) is 12.2 Å². The van der Waals surface area contributed by atoms with Gasteiger partial charge in [-0.15, -0.1) is 12.4 Å². The number of allylic oxidation sites excluding steroid dienone is 2. The summed E-state index contributed by atoms with van der Waals surface area (Å²) in [5.74, 6) is -0.0514. The van der Waals surface area contributed by atoms with E-state index < -0.39 is 0 Å². The first-order valence-electron chi connectivity index (χ1n) is 5.71. The minimum atomic E-state index is -0.0514. The highest BCUT2D eigenvalue weighted by Gasteiger charge is 1.90. The number of hydrogen-bond acceptors (Lipinski definition) is 2. The van der Waals surface area contributed by atoms with Gasteiger partial charge in [-0.1, -0.05) is 42.5 Å². The third kappa shape index (κ3) is 5.32. The Balaban J connectivity index is 0.00000180. The lowest BCUT2D eigenvalue weighted by Gasteiger charge is -1.90. The molecule has 1 heterocycles. The molecule has 0 aliphatic carbocycles. The Bertz CT molecular complexity index is 510. The summed E-state index contributed by atoms with van der Waals surface area (Å²) < 4.78 is 0.